The second-order valence-corrected chi connectivity index (χ2v) is 20.2. The van der Waals surface area contributed by atoms with E-state index in [4.69, 9.17) is 52.1 Å². The van der Waals surface area contributed by atoms with Gasteiger partial charge in [0, 0.05) is 65.3 Å². The maximum Gasteiger partial charge on any atom is 0.407 e. The zero-order valence-electron chi connectivity index (χ0n) is 43.4. The third-order valence-corrected chi connectivity index (χ3v) is 13.1. The Morgan fingerprint density at radius 1 is 0.667 bits per heavy atom. The maximum absolute atomic E-state index is 13.5. The van der Waals surface area contributed by atoms with Crippen LogP contribution in [-0.4, -0.2) is 149 Å². The van der Waals surface area contributed by atoms with Crippen molar-refractivity contribution in [2.45, 2.75) is 160 Å². The first kappa shape index (κ1) is 57.6. The van der Waals surface area contributed by atoms with E-state index in [0.717, 1.165) is 68.6 Å². The Labute approximate surface area is 437 Å². The van der Waals surface area contributed by atoms with Gasteiger partial charge in [-0.3, -0.25) is 38.2 Å². The molecular formula is C51H64N4O19S. The van der Waals surface area contributed by atoms with Gasteiger partial charge in [0.25, 0.3) is 0 Å². The highest BCUT2D eigenvalue weighted by Gasteiger charge is 2.56. The lowest BCUT2D eigenvalue weighted by molar-refractivity contribution is -0.334. The molecule has 0 spiro atoms. The molecule has 6 rings (SSSR count). The number of esters is 7. The predicted molar refractivity (Wildman–Crippen MR) is 261 cm³/mol. The number of carbonyl (C=O) groups is 8. The van der Waals surface area contributed by atoms with Crippen LogP contribution in [0.5, 0.6) is 0 Å². The van der Waals surface area contributed by atoms with Crippen LogP contribution in [0.4, 0.5) is 4.79 Å². The van der Waals surface area contributed by atoms with Gasteiger partial charge in [-0.15, -0.1) is 16.9 Å². The van der Waals surface area contributed by atoms with Crippen LogP contribution in [0.1, 0.15) is 98.4 Å². The first-order valence-corrected chi connectivity index (χ1v) is 25.3. The monoisotopic (exact) mass is 1070 g/mol. The van der Waals surface area contributed by atoms with Crippen LogP contribution in [-0.2, 0) is 98.0 Å². The lowest BCUT2D eigenvalue weighted by Crippen LogP contribution is -2.65. The number of hydrogen-bond donors (Lipinski definition) is 1. The number of aromatic nitrogens is 3. The van der Waals surface area contributed by atoms with E-state index in [2.05, 4.69) is 15.6 Å². The minimum absolute atomic E-state index is 0.0115. The van der Waals surface area contributed by atoms with Crippen molar-refractivity contribution in [3.8, 4) is 11.1 Å². The van der Waals surface area contributed by atoms with E-state index >= 15 is 0 Å². The molecule has 1 N–H and O–H groups in total. The number of carbonyl (C=O) groups excluding carboxylic acids is 8. The zero-order valence-corrected chi connectivity index (χ0v) is 44.2. The largest absolute Gasteiger partial charge is 0.463 e. The molecule has 75 heavy (non-hydrogen) atoms. The number of alkyl carbamates (subject to hydrolysis) is 1. The van der Waals surface area contributed by atoms with Gasteiger partial charge >= 0.3 is 47.9 Å². The molecule has 11 atom stereocenters. The van der Waals surface area contributed by atoms with Crippen molar-refractivity contribution in [1.82, 2.24) is 20.3 Å². The number of hydrogen-bond acceptors (Lipinski definition) is 22. The van der Waals surface area contributed by atoms with Gasteiger partial charge in [-0.05, 0) is 43.0 Å². The molecule has 2 aromatic carbocycles. The summed E-state index contributed by atoms with van der Waals surface area (Å²) < 4.78 is 65.5. The SMILES string of the molecule is CC(=O)OCC1O[C@@H](O[C@@H]2C(COC(C)=O)O[C@@H](SCc3cn(C[C@H](CC(=O)OC(C)(C)C)NC(=O)OCC4c5ccccc5-c5ccccc54)nn3)C(OC(C)=O)C2OC(C)=O)C(OC(C)=O)C(OC(C)=O)[C@H]1C. The van der Waals surface area contributed by atoms with E-state index in [1.165, 1.54) is 11.6 Å². The Morgan fingerprint density at radius 2 is 1.21 bits per heavy atom. The molecule has 408 valence electrons. The molecule has 0 radical (unpaired) electrons. The molecule has 1 aliphatic carbocycles. The van der Waals surface area contributed by atoms with Gasteiger partial charge < -0.3 is 57.4 Å². The van der Waals surface area contributed by atoms with Gasteiger partial charge in [0.2, 0.25) is 0 Å². The Bertz CT molecular complexity index is 2500. The third-order valence-electron chi connectivity index (χ3n) is 11.9. The van der Waals surface area contributed by atoms with E-state index in [0.29, 0.717) is 5.69 Å². The summed E-state index contributed by atoms with van der Waals surface area (Å²) in [6, 6.07) is 15.0. The molecular weight excluding hydrogens is 1000 g/mol. The number of benzene rings is 2. The minimum atomic E-state index is -1.66. The third kappa shape index (κ3) is 16.2. The summed E-state index contributed by atoms with van der Waals surface area (Å²) in [5.41, 5.74) is 2.52. The summed E-state index contributed by atoms with van der Waals surface area (Å²) in [7, 11) is 0. The molecule has 1 amide bonds. The van der Waals surface area contributed by atoms with E-state index in [1.807, 2.05) is 48.5 Å². The van der Waals surface area contributed by atoms with E-state index in [9.17, 15) is 38.4 Å². The Morgan fingerprint density at radius 3 is 1.79 bits per heavy atom. The Balaban J connectivity index is 1.22. The van der Waals surface area contributed by atoms with Crippen LogP contribution in [0, 0.1) is 5.92 Å². The van der Waals surface area contributed by atoms with Crippen molar-refractivity contribution in [2.75, 3.05) is 19.8 Å². The lowest BCUT2D eigenvalue weighted by Gasteiger charge is -2.48. The second kappa shape index (κ2) is 25.7. The summed E-state index contributed by atoms with van der Waals surface area (Å²) in [5.74, 6) is -6.12. The highest BCUT2D eigenvalue weighted by Crippen LogP contribution is 2.45. The molecule has 2 aliphatic heterocycles. The quantitative estimate of drug-likeness (QED) is 0.121. The Hall–Kier alpha value is -6.63. The molecule has 1 aromatic heterocycles. The van der Waals surface area contributed by atoms with Crippen LogP contribution in [0.2, 0.25) is 0 Å². The first-order chi connectivity index (χ1) is 35.5. The summed E-state index contributed by atoms with van der Waals surface area (Å²) in [6.45, 7) is 12.7. The summed E-state index contributed by atoms with van der Waals surface area (Å²) in [5, 5.41) is 11.3. The Kier molecular flexibility index (Phi) is 19.8. The van der Waals surface area contributed by atoms with Gasteiger partial charge in [0.05, 0.1) is 24.7 Å². The topological polar surface area (TPSA) is 281 Å². The number of rotatable bonds is 20. The molecule has 2 saturated heterocycles. The number of nitrogens with one attached hydrogen (secondary N) is 1. The lowest BCUT2D eigenvalue weighted by atomic mass is 9.90. The van der Waals surface area contributed by atoms with Crippen LogP contribution in [0.15, 0.2) is 54.7 Å². The van der Waals surface area contributed by atoms with E-state index in [-0.39, 0.29) is 37.9 Å². The smallest absolute Gasteiger partial charge is 0.407 e. The standard InChI is InChI=1S/C51H64N4O19S/c1-26-40(23-64-27(2)56)71-48(46(69-31(6)60)43(26)67-29(4)58)73-44-41(24-65-28(3)57)72-49(47(70-32(7)61)45(44)68-30(5)59)75-25-34-21-55(54-53-34)20-33(19-42(62)74-51(8,9)10)52-50(63)66-22-39-37-17-13-11-15-35(37)36-16-12-14-18-38(36)39/h11-18,21,26,33,39-41,43-49H,19-20,22-25H2,1-10H3,(H,52,63)/t26-,33-,40?,41?,43?,44+,45?,46?,47?,48-,49-/m0/s1. The van der Waals surface area contributed by atoms with Crippen molar-refractivity contribution < 1.29 is 90.5 Å². The van der Waals surface area contributed by atoms with Crippen LogP contribution >= 0.6 is 11.8 Å². The molecule has 24 heteroatoms. The number of fused-ring (bicyclic) bond motifs is 3. The number of nitrogens with zero attached hydrogens (tertiary/aromatic N) is 3. The zero-order chi connectivity index (χ0) is 54.7. The van der Waals surface area contributed by atoms with E-state index < -0.39 is 126 Å². The van der Waals surface area contributed by atoms with Gasteiger partial charge in [-0.25, -0.2) is 4.79 Å². The summed E-state index contributed by atoms with van der Waals surface area (Å²) in [4.78, 5) is 101. The predicted octanol–water partition coefficient (Wildman–Crippen LogP) is 4.47. The highest BCUT2D eigenvalue weighted by atomic mass is 32.2. The van der Waals surface area contributed by atoms with Crippen LogP contribution in [0.25, 0.3) is 11.1 Å². The van der Waals surface area contributed by atoms with Crippen LogP contribution in [0.3, 0.4) is 0 Å². The first-order valence-electron chi connectivity index (χ1n) is 24.2. The molecule has 3 heterocycles. The van der Waals surface area contributed by atoms with Crippen molar-refractivity contribution in [2.24, 2.45) is 5.92 Å². The van der Waals surface area contributed by atoms with Crippen molar-refractivity contribution >= 4 is 59.6 Å². The number of thioether (sulfide) groups is 1. The molecule has 3 aliphatic rings. The molecule has 3 aromatic rings. The molecule has 0 bridgehead atoms. The average molecular weight is 1070 g/mol. The van der Waals surface area contributed by atoms with Gasteiger partial charge in [-0.1, -0.05) is 60.7 Å². The van der Waals surface area contributed by atoms with Gasteiger partial charge in [0.15, 0.2) is 24.6 Å². The van der Waals surface area contributed by atoms with Crippen LogP contribution < -0.4 is 5.32 Å². The number of ether oxygens (including phenoxy) is 11. The molecule has 2 fully saturated rings. The van der Waals surface area contributed by atoms with E-state index in [1.54, 1.807) is 33.9 Å². The van der Waals surface area contributed by atoms with Gasteiger partial charge in [0.1, 0.15) is 55.3 Å². The van der Waals surface area contributed by atoms with Crippen molar-refractivity contribution in [3.05, 3.63) is 71.5 Å². The molecule has 0 saturated carbocycles. The average Bonchev–Trinajstić information content (AvgIpc) is 3.90. The molecule has 6 unspecified atom stereocenters. The van der Waals surface area contributed by atoms with Crippen molar-refractivity contribution in [3.63, 3.8) is 0 Å². The fraction of sp³-hybridized carbons (Fsp3) is 0.569. The van der Waals surface area contributed by atoms with Gasteiger partial charge in [-0.2, -0.15) is 0 Å². The highest BCUT2D eigenvalue weighted by molar-refractivity contribution is 7.99. The molecule has 23 nitrogen and oxygen atoms in total. The minimum Gasteiger partial charge on any atom is -0.463 e. The normalized spacial score (nSPS) is 24.5. The van der Waals surface area contributed by atoms with Crippen molar-refractivity contribution in [1.29, 1.82) is 0 Å². The fourth-order valence-electron chi connectivity index (χ4n) is 8.97. The summed E-state index contributed by atoms with van der Waals surface area (Å²) in [6.07, 6.45) is -10.7. The fourth-order valence-corrected chi connectivity index (χ4v) is 10.1. The number of amides is 1. The second-order valence-electron chi connectivity index (χ2n) is 19.1. The summed E-state index contributed by atoms with van der Waals surface area (Å²) >= 11 is 1.04. The maximum atomic E-state index is 13.5.